The Labute approximate surface area is 110 Å². The van der Waals surface area contributed by atoms with E-state index in [-0.39, 0.29) is 9.85 Å². The molecule has 1 atom stereocenters. The van der Waals surface area contributed by atoms with E-state index in [1.807, 2.05) is 6.92 Å². The molecule has 96 valence electrons. The zero-order chi connectivity index (χ0) is 12.5. The average molecular weight is 322 g/mol. The lowest BCUT2D eigenvalue weighted by Crippen LogP contribution is -2.30. The molecule has 0 amide bonds. The van der Waals surface area contributed by atoms with E-state index >= 15 is 0 Å². The molecule has 5 nitrogen and oxygen atoms in total. The Balaban J connectivity index is 1.97. The van der Waals surface area contributed by atoms with Crippen LogP contribution >= 0.6 is 15.9 Å². The van der Waals surface area contributed by atoms with Crippen LogP contribution in [0.15, 0.2) is 11.2 Å². The quantitative estimate of drug-likeness (QED) is 0.778. The Morgan fingerprint density at radius 1 is 1.65 bits per heavy atom. The zero-order valence-corrected chi connectivity index (χ0v) is 12.0. The molecule has 1 unspecified atom stereocenters. The Hall–Kier alpha value is -0.400. The molecular weight excluding hydrogens is 306 g/mol. The lowest BCUT2D eigenvalue weighted by molar-refractivity contribution is 0.574. The zero-order valence-electron chi connectivity index (χ0n) is 9.61. The number of alkyl halides is 1. The second-order valence-corrected chi connectivity index (χ2v) is 7.16. The van der Waals surface area contributed by atoms with Crippen LogP contribution in [-0.4, -0.2) is 29.8 Å². The summed E-state index contributed by atoms with van der Waals surface area (Å²) in [5, 5.41) is 0.143. The highest BCUT2D eigenvalue weighted by Crippen LogP contribution is 2.36. The number of hydrogen-bond donors (Lipinski definition) is 2. The summed E-state index contributed by atoms with van der Waals surface area (Å²) >= 11 is 3.50. The van der Waals surface area contributed by atoms with E-state index in [2.05, 4.69) is 30.6 Å². The van der Waals surface area contributed by atoms with Gasteiger partial charge in [-0.15, -0.1) is 0 Å². The number of imidazole rings is 1. The second kappa shape index (κ2) is 5.07. The second-order valence-electron chi connectivity index (χ2n) is 4.25. The monoisotopic (exact) mass is 321 g/mol. The highest BCUT2D eigenvalue weighted by atomic mass is 79.9. The van der Waals surface area contributed by atoms with Gasteiger partial charge in [-0.05, 0) is 18.8 Å². The highest BCUT2D eigenvalue weighted by Gasteiger charge is 2.30. The lowest BCUT2D eigenvalue weighted by Gasteiger charge is -2.09. The van der Waals surface area contributed by atoms with Crippen molar-refractivity contribution in [3.63, 3.8) is 0 Å². The highest BCUT2D eigenvalue weighted by molar-refractivity contribution is 9.09. The van der Waals surface area contributed by atoms with Gasteiger partial charge in [0.2, 0.25) is 0 Å². The maximum atomic E-state index is 11.9. The summed E-state index contributed by atoms with van der Waals surface area (Å²) in [6, 6.07) is 0. The molecule has 0 saturated heterocycles. The number of hydrogen-bond acceptors (Lipinski definition) is 3. The molecule has 1 heterocycles. The molecule has 0 aromatic carbocycles. The van der Waals surface area contributed by atoms with Crippen LogP contribution in [0.25, 0.3) is 0 Å². The van der Waals surface area contributed by atoms with E-state index in [9.17, 15) is 8.42 Å². The van der Waals surface area contributed by atoms with Crippen molar-refractivity contribution in [3.05, 3.63) is 12.0 Å². The topological polar surface area (TPSA) is 74.8 Å². The minimum atomic E-state index is -3.45. The van der Waals surface area contributed by atoms with Gasteiger partial charge in [0, 0.05) is 17.8 Å². The Bertz CT molecular complexity index is 481. The van der Waals surface area contributed by atoms with Gasteiger partial charge in [-0.25, -0.2) is 18.1 Å². The van der Waals surface area contributed by atoms with Crippen molar-refractivity contribution < 1.29 is 8.42 Å². The molecule has 2 rings (SSSR count). The summed E-state index contributed by atoms with van der Waals surface area (Å²) in [5.74, 6) is 1.30. The molecule has 0 aliphatic heterocycles. The van der Waals surface area contributed by atoms with Crippen LogP contribution in [0.5, 0.6) is 0 Å². The van der Waals surface area contributed by atoms with Gasteiger partial charge >= 0.3 is 0 Å². The van der Waals surface area contributed by atoms with Crippen LogP contribution < -0.4 is 4.72 Å². The maximum absolute atomic E-state index is 11.9. The van der Waals surface area contributed by atoms with Crippen molar-refractivity contribution in [1.29, 1.82) is 0 Å². The van der Waals surface area contributed by atoms with Gasteiger partial charge in [0.05, 0.1) is 6.20 Å². The first-order valence-electron chi connectivity index (χ1n) is 5.70. The predicted molar refractivity (Wildman–Crippen MR) is 68.6 cm³/mol. The standard InChI is InChI=1S/C10H16BrN3O2S/c1-2-9-12-6-10(14-9)17(15,16)13-5-8(11)7-3-4-7/h6-8,13H,2-5H2,1H3,(H,12,14). The first-order valence-corrected chi connectivity index (χ1v) is 8.10. The van der Waals surface area contributed by atoms with Crippen molar-refractivity contribution in [1.82, 2.24) is 14.7 Å². The first kappa shape index (κ1) is 13.0. The van der Waals surface area contributed by atoms with Gasteiger partial charge in [-0.2, -0.15) is 0 Å². The van der Waals surface area contributed by atoms with Gasteiger partial charge in [0.1, 0.15) is 5.82 Å². The Morgan fingerprint density at radius 2 is 2.35 bits per heavy atom. The number of halogens is 1. The van der Waals surface area contributed by atoms with Crippen molar-refractivity contribution >= 4 is 26.0 Å². The van der Waals surface area contributed by atoms with E-state index in [1.165, 1.54) is 19.0 Å². The van der Waals surface area contributed by atoms with Crippen LogP contribution in [0.2, 0.25) is 0 Å². The fourth-order valence-corrected chi connectivity index (χ4v) is 3.45. The normalized spacial score (nSPS) is 18.2. The third-order valence-electron chi connectivity index (χ3n) is 2.83. The summed E-state index contributed by atoms with van der Waals surface area (Å²) < 4.78 is 26.4. The SMILES string of the molecule is CCc1ncc(S(=O)(=O)NCC(Br)C2CC2)[nH]1. The fourth-order valence-electron chi connectivity index (χ4n) is 1.55. The number of rotatable bonds is 6. The van der Waals surface area contributed by atoms with Crippen molar-refractivity contribution in [3.8, 4) is 0 Å². The summed E-state index contributed by atoms with van der Waals surface area (Å²) in [5.41, 5.74) is 0. The van der Waals surface area contributed by atoms with E-state index in [0.717, 1.165) is 0 Å². The van der Waals surface area contributed by atoms with Crippen LogP contribution in [0, 0.1) is 5.92 Å². The van der Waals surface area contributed by atoms with Gasteiger partial charge in [-0.1, -0.05) is 22.9 Å². The van der Waals surface area contributed by atoms with Crippen LogP contribution in [0.1, 0.15) is 25.6 Å². The van der Waals surface area contributed by atoms with Gasteiger partial charge < -0.3 is 4.98 Å². The summed E-state index contributed by atoms with van der Waals surface area (Å²) in [7, 11) is -3.45. The van der Waals surface area contributed by atoms with Gasteiger partial charge in [0.25, 0.3) is 10.0 Å². The third-order valence-corrected chi connectivity index (χ3v) is 5.24. The lowest BCUT2D eigenvalue weighted by atomic mass is 10.3. The van der Waals surface area contributed by atoms with Crippen LogP contribution in [0.4, 0.5) is 0 Å². The minimum absolute atomic E-state index is 0.143. The van der Waals surface area contributed by atoms with Gasteiger partial charge in [0.15, 0.2) is 5.03 Å². The molecule has 0 radical (unpaired) electrons. The number of aryl methyl sites for hydroxylation is 1. The van der Waals surface area contributed by atoms with E-state index in [4.69, 9.17) is 0 Å². The van der Waals surface area contributed by atoms with E-state index in [0.29, 0.717) is 24.7 Å². The average Bonchev–Trinajstić information content (AvgIpc) is 3.03. The molecule has 0 bridgehead atoms. The summed E-state index contributed by atoms with van der Waals surface area (Å²) in [4.78, 5) is 7.01. The molecular formula is C10H16BrN3O2S. The predicted octanol–water partition coefficient (Wildman–Crippen LogP) is 1.42. The number of aromatic nitrogens is 2. The fraction of sp³-hybridized carbons (Fsp3) is 0.700. The number of H-pyrrole nitrogens is 1. The van der Waals surface area contributed by atoms with Crippen molar-refractivity contribution in [2.24, 2.45) is 5.92 Å². The van der Waals surface area contributed by atoms with E-state index < -0.39 is 10.0 Å². The molecule has 2 N–H and O–H groups in total. The van der Waals surface area contributed by atoms with Gasteiger partial charge in [-0.3, -0.25) is 0 Å². The molecule has 7 heteroatoms. The Kier molecular flexibility index (Phi) is 3.89. The minimum Gasteiger partial charge on any atom is -0.332 e. The maximum Gasteiger partial charge on any atom is 0.257 e. The number of aromatic amines is 1. The molecule has 1 saturated carbocycles. The summed E-state index contributed by atoms with van der Waals surface area (Å²) in [6.45, 7) is 2.34. The molecule has 1 aromatic heterocycles. The number of nitrogens with one attached hydrogen (secondary N) is 2. The molecule has 17 heavy (non-hydrogen) atoms. The number of sulfonamides is 1. The molecule has 1 aromatic rings. The molecule has 0 spiro atoms. The smallest absolute Gasteiger partial charge is 0.257 e. The number of nitrogens with zero attached hydrogens (tertiary/aromatic N) is 1. The summed E-state index contributed by atoms with van der Waals surface area (Å²) in [6.07, 6.45) is 4.42. The van der Waals surface area contributed by atoms with E-state index in [1.54, 1.807) is 0 Å². The molecule has 1 aliphatic carbocycles. The van der Waals surface area contributed by atoms with Crippen molar-refractivity contribution in [2.45, 2.75) is 36.0 Å². The van der Waals surface area contributed by atoms with Crippen molar-refractivity contribution in [2.75, 3.05) is 6.54 Å². The third kappa shape index (κ3) is 3.29. The molecule has 1 fully saturated rings. The van der Waals surface area contributed by atoms with Crippen LogP contribution in [0.3, 0.4) is 0 Å². The largest absolute Gasteiger partial charge is 0.332 e. The Morgan fingerprint density at radius 3 is 2.88 bits per heavy atom. The first-order chi connectivity index (χ1) is 8.03. The van der Waals surface area contributed by atoms with Crippen LogP contribution in [-0.2, 0) is 16.4 Å². The molecule has 1 aliphatic rings.